The van der Waals surface area contributed by atoms with E-state index < -0.39 is 41.9 Å². The summed E-state index contributed by atoms with van der Waals surface area (Å²) in [5, 5.41) is 19.0. The molecule has 3 aromatic heterocycles. The van der Waals surface area contributed by atoms with Gasteiger partial charge in [0.05, 0.1) is 30.5 Å². The first-order valence-electron chi connectivity index (χ1n) is 13.2. The van der Waals surface area contributed by atoms with E-state index in [-0.39, 0.29) is 43.9 Å². The Balaban J connectivity index is 1.14. The number of imidazole rings is 1. The van der Waals surface area contributed by atoms with E-state index >= 15 is 0 Å². The van der Waals surface area contributed by atoms with Crippen LogP contribution in [0.4, 0.5) is 13.2 Å². The number of hydrogen-bond acceptors (Lipinski definition) is 7. The summed E-state index contributed by atoms with van der Waals surface area (Å²) in [6, 6.07) is 4.81. The van der Waals surface area contributed by atoms with Gasteiger partial charge in [-0.1, -0.05) is 12.1 Å². The number of piperidine rings is 1. The number of benzene rings is 1. The van der Waals surface area contributed by atoms with Crippen LogP contribution in [0.5, 0.6) is 0 Å². The molecule has 214 valence electrons. The lowest BCUT2D eigenvalue weighted by Crippen LogP contribution is -2.50. The number of amides is 1. The van der Waals surface area contributed by atoms with Crippen molar-refractivity contribution in [3.63, 3.8) is 0 Å². The summed E-state index contributed by atoms with van der Waals surface area (Å²) in [6.07, 6.45) is 1.79. The molecule has 14 heteroatoms. The SMILES string of the molecule is O=C1CCc2cc(-c3cnc4c(=O)n(CC5(O)CCN(C(=O)CC(C(F)F)n6ccc(F)n6)CC5)cnn34)ccc21. The van der Waals surface area contributed by atoms with Gasteiger partial charge in [-0.05, 0) is 30.9 Å². The molecule has 1 amide bonds. The minimum Gasteiger partial charge on any atom is -0.388 e. The Morgan fingerprint density at radius 2 is 1.90 bits per heavy atom. The molecular formula is C27H26F3N7O4. The van der Waals surface area contributed by atoms with Gasteiger partial charge in [-0.3, -0.25) is 23.6 Å². The number of aromatic nitrogens is 6. The van der Waals surface area contributed by atoms with E-state index in [1.165, 1.54) is 26.5 Å². The second-order valence-electron chi connectivity index (χ2n) is 10.6. The smallest absolute Gasteiger partial charge is 0.296 e. The maximum absolute atomic E-state index is 13.5. The second kappa shape index (κ2) is 10.3. The number of rotatable bonds is 7. The van der Waals surface area contributed by atoms with Crippen LogP contribution in [-0.4, -0.2) is 75.8 Å². The van der Waals surface area contributed by atoms with E-state index in [1.807, 2.05) is 6.07 Å². The fourth-order valence-corrected chi connectivity index (χ4v) is 5.58. The van der Waals surface area contributed by atoms with Gasteiger partial charge in [-0.2, -0.15) is 9.49 Å². The van der Waals surface area contributed by atoms with Crippen molar-refractivity contribution in [2.75, 3.05) is 13.1 Å². The number of carbonyl (C=O) groups is 2. The van der Waals surface area contributed by atoms with Crippen LogP contribution in [0.25, 0.3) is 16.9 Å². The lowest BCUT2D eigenvalue weighted by atomic mass is 9.91. The van der Waals surface area contributed by atoms with Gasteiger partial charge >= 0.3 is 0 Å². The summed E-state index contributed by atoms with van der Waals surface area (Å²) in [7, 11) is 0. The van der Waals surface area contributed by atoms with Crippen molar-refractivity contribution in [3.8, 4) is 11.3 Å². The van der Waals surface area contributed by atoms with Crippen LogP contribution < -0.4 is 5.56 Å². The van der Waals surface area contributed by atoms with E-state index in [9.17, 15) is 32.7 Å². The summed E-state index contributed by atoms with van der Waals surface area (Å²) < 4.78 is 43.8. The molecule has 4 aromatic rings. The molecule has 0 radical (unpaired) electrons. The number of hydrogen-bond donors (Lipinski definition) is 1. The molecule has 0 bridgehead atoms. The quantitative estimate of drug-likeness (QED) is 0.362. The van der Waals surface area contributed by atoms with Crippen LogP contribution in [0.2, 0.25) is 0 Å². The summed E-state index contributed by atoms with van der Waals surface area (Å²) in [6.45, 7) is 0.0990. The minimum atomic E-state index is -2.93. The zero-order chi connectivity index (χ0) is 28.9. The first-order valence-corrected chi connectivity index (χ1v) is 13.2. The summed E-state index contributed by atoms with van der Waals surface area (Å²) in [5.74, 6) is -1.36. The molecule has 1 fully saturated rings. The number of aryl methyl sites for hydroxylation is 1. The number of halogens is 3. The zero-order valence-electron chi connectivity index (χ0n) is 21.8. The zero-order valence-corrected chi connectivity index (χ0v) is 21.8. The molecule has 1 aliphatic carbocycles. The minimum absolute atomic E-state index is 0.0726. The van der Waals surface area contributed by atoms with E-state index in [2.05, 4.69) is 15.2 Å². The molecule has 0 spiro atoms. The molecule has 6 rings (SSSR count). The van der Waals surface area contributed by atoms with Crippen molar-refractivity contribution in [2.45, 2.75) is 56.7 Å². The number of nitrogens with zero attached hydrogens (tertiary/aromatic N) is 7. The number of fused-ring (bicyclic) bond motifs is 2. The highest BCUT2D eigenvalue weighted by atomic mass is 19.3. The van der Waals surface area contributed by atoms with Crippen LogP contribution in [0.1, 0.15) is 47.6 Å². The molecule has 41 heavy (non-hydrogen) atoms. The van der Waals surface area contributed by atoms with Crippen molar-refractivity contribution < 1.29 is 27.9 Å². The third-order valence-electron chi connectivity index (χ3n) is 7.92. The van der Waals surface area contributed by atoms with Gasteiger partial charge in [0.2, 0.25) is 17.5 Å². The fourth-order valence-electron chi connectivity index (χ4n) is 5.58. The molecule has 2 aliphatic rings. The molecule has 1 unspecified atom stereocenters. The third-order valence-corrected chi connectivity index (χ3v) is 7.92. The lowest BCUT2D eigenvalue weighted by Gasteiger charge is -2.38. The Bertz CT molecular complexity index is 1700. The Labute approximate surface area is 230 Å². The largest absolute Gasteiger partial charge is 0.388 e. The van der Waals surface area contributed by atoms with Crippen LogP contribution in [0, 0.1) is 5.95 Å². The Morgan fingerprint density at radius 1 is 1.12 bits per heavy atom. The standard InChI is InChI=1S/C27H26F3N7O4/c28-22-5-8-36(33-22)19(24(29)30)12-23(39)34-9-6-27(41,7-10-34)14-35-15-32-37-20(13-31-25(37)26(35)40)17-1-3-18-16(11-17)2-4-21(18)38/h1,3,5,8,11,13,15,19,24,41H,2,4,6-7,9-10,12,14H2. The van der Waals surface area contributed by atoms with Crippen molar-refractivity contribution in [3.05, 3.63) is 70.4 Å². The molecular weight excluding hydrogens is 543 g/mol. The van der Waals surface area contributed by atoms with E-state index in [0.717, 1.165) is 28.1 Å². The predicted molar refractivity (Wildman–Crippen MR) is 138 cm³/mol. The highest BCUT2D eigenvalue weighted by Crippen LogP contribution is 2.29. The third kappa shape index (κ3) is 5.03. The maximum Gasteiger partial charge on any atom is 0.296 e. The maximum atomic E-state index is 13.5. The van der Waals surface area contributed by atoms with Crippen LogP contribution in [-0.2, 0) is 17.8 Å². The van der Waals surface area contributed by atoms with Gasteiger partial charge in [0.1, 0.15) is 12.4 Å². The van der Waals surface area contributed by atoms with Gasteiger partial charge in [-0.15, -0.1) is 5.10 Å². The van der Waals surface area contributed by atoms with Gasteiger partial charge in [0, 0.05) is 42.9 Å². The van der Waals surface area contributed by atoms with E-state index in [4.69, 9.17) is 0 Å². The van der Waals surface area contributed by atoms with Crippen LogP contribution in [0.3, 0.4) is 0 Å². The summed E-state index contributed by atoms with van der Waals surface area (Å²) in [4.78, 5) is 43.6. The highest BCUT2D eigenvalue weighted by molar-refractivity contribution is 6.00. The number of alkyl halides is 2. The Kier molecular flexibility index (Phi) is 6.72. The number of carbonyl (C=O) groups excluding carboxylic acids is 2. The molecule has 11 nitrogen and oxygen atoms in total. The predicted octanol–water partition coefficient (Wildman–Crippen LogP) is 2.27. The fraction of sp³-hybridized carbons (Fsp3) is 0.407. The van der Waals surface area contributed by atoms with E-state index in [1.54, 1.807) is 12.1 Å². The monoisotopic (exact) mass is 569 g/mol. The highest BCUT2D eigenvalue weighted by Gasteiger charge is 2.36. The number of likely N-dealkylation sites (tertiary alicyclic amines) is 1. The number of ketones is 1. The molecule has 4 heterocycles. The summed E-state index contributed by atoms with van der Waals surface area (Å²) >= 11 is 0. The normalized spacial score (nSPS) is 17.4. The average molecular weight is 570 g/mol. The molecule has 0 saturated carbocycles. The number of aliphatic hydroxyl groups is 1. The van der Waals surface area contributed by atoms with Crippen molar-refractivity contribution in [1.82, 2.24) is 33.8 Å². The van der Waals surface area contributed by atoms with Crippen molar-refractivity contribution in [1.29, 1.82) is 0 Å². The summed E-state index contributed by atoms with van der Waals surface area (Å²) in [5.41, 5.74) is 1.30. The van der Waals surface area contributed by atoms with Crippen molar-refractivity contribution in [2.24, 2.45) is 0 Å². The van der Waals surface area contributed by atoms with Gasteiger partial charge in [-0.25, -0.2) is 18.3 Å². The van der Waals surface area contributed by atoms with Crippen molar-refractivity contribution >= 4 is 17.3 Å². The van der Waals surface area contributed by atoms with Crippen LogP contribution >= 0.6 is 0 Å². The topological polar surface area (TPSA) is 128 Å². The van der Waals surface area contributed by atoms with Crippen LogP contribution in [0.15, 0.2) is 47.8 Å². The molecule has 1 atom stereocenters. The van der Waals surface area contributed by atoms with Gasteiger partial charge < -0.3 is 10.0 Å². The van der Waals surface area contributed by atoms with E-state index in [0.29, 0.717) is 24.1 Å². The lowest BCUT2D eigenvalue weighted by molar-refractivity contribution is -0.138. The second-order valence-corrected chi connectivity index (χ2v) is 10.6. The Hall–Kier alpha value is -4.33. The molecule has 1 N–H and O–H groups in total. The first-order chi connectivity index (χ1) is 19.6. The average Bonchev–Trinajstić information content (AvgIpc) is 3.67. The Morgan fingerprint density at radius 3 is 2.61 bits per heavy atom. The molecule has 1 aromatic carbocycles. The van der Waals surface area contributed by atoms with Gasteiger partial charge in [0.15, 0.2) is 5.78 Å². The molecule has 1 aliphatic heterocycles. The number of Topliss-reactive ketones (excluding diaryl/α,β-unsaturated/α-hetero) is 1. The first kappa shape index (κ1) is 26.9. The van der Waals surface area contributed by atoms with Gasteiger partial charge in [0.25, 0.3) is 12.0 Å². The molecule has 1 saturated heterocycles.